The molecule has 0 saturated heterocycles. The van der Waals surface area contributed by atoms with E-state index < -0.39 is 0 Å². The van der Waals surface area contributed by atoms with E-state index in [9.17, 15) is 0 Å². The Morgan fingerprint density at radius 1 is 1.38 bits per heavy atom. The van der Waals surface area contributed by atoms with Gasteiger partial charge in [0, 0.05) is 10.4 Å². The van der Waals surface area contributed by atoms with Crippen molar-refractivity contribution >= 4 is 33.4 Å². The van der Waals surface area contributed by atoms with Crippen LogP contribution in [0.3, 0.4) is 0 Å². The molecule has 0 heterocycles. The van der Waals surface area contributed by atoms with E-state index in [0.29, 0.717) is 18.4 Å². The van der Waals surface area contributed by atoms with E-state index in [2.05, 4.69) is 54.9 Å². The Hall–Kier alpha value is -0.540. The first-order valence-corrected chi connectivity index (χ1v) is 8.71. The number of ether oxygens (including phenoxy) is 1. The number of hydrogen-bond acceptors (Lipinski definition) is 2. The van der Waals surface area contributed by atoms with E-state index in [-0.39, 0.29) is 11.3 Å². The van der Waals surface area contributed by atoms with Gasteiger partial charge in [-0.05, 0) is 42.4 Å². The summed E-state index contributed by atoms with van der Waals surface area (Å²) in [6.45, 7) is 9.02. The smallest absolute Gasteiger partial charge is 0.188 e. The summed E-state index contributed by atoms with van der Waals surface area (Å²) in [6, 6.07) is 6.40. The van der Waals surface area contributed by atoms with Gasteiger partial charge >= 0.3 is 0 Å². The molecule has 118 valence electrons. The Morgan fingerprint density at radius 2 is 2.05 bits per heavy atom. The van der Waals surface area contributed by atoms with Crippen LogP contribution in [0, 0.1) is 5.41 Å². The lowest BCUT2D eigenvalue weighted by Crippen LogP contribution is -2.18. The first kappa shape index (κ1) is 18.5. The average Bonchev–Trinajstić information content (AvgIpc) is 2.40. The second kappa shape index (κ2) is 8.19. The molecule has 1 unspecified atom stereocenters. The molecule has 0 saturated carbocycles. The van der Waals surface area contributed by atoms with Crippen molar-refractivity contribution in [3.05, 3.63) is 33.8 Å². The fourth-order valence-corrected chi connectivity index (χ4v) is 2.92. The fourth-order valence-electron chi connectivity index (χ4n) is 2.24. The van der Waals surface area contributed by atoms with Crippen LogP contribution in [-0.4, -0.2) is 18.4 Å². The van der Waals surface area contributed by atoms with Crippen LogP contribution in [0.2, 0.25) is 0 Å². The minimum Gasteiger partial charge on any atom is -0.481 e. The van der Waals surface area contributed by atoms with Crippen LogP contribution in [0.25, 0.3) is 0 Å². The van der Waals surface area contributed by atoms with Crippen LogP contribution in [0.5, 0.6) is 0 Å². The van der Waals surface area contributed by atoms with Crippen molar-refractivity contribution in [2.45, 2.75) is 51.9 Å². The maximum absolute atomic E-state index is 8.20. The van der Waals surface area contributed by atoms with Crippen molar-refractivity contribution in [1.29, 1.82) is 5.41 Å². The molecule has 0 aliphatic rings. The summed E-state index contributed by atoms with van der Waals surface area (Å²) in [5.74, 6) is 0.890. The van der Waals surface area contributed by atoms with Gasteiger partial charge in [0.1, 0.15) is 0 Å². The molecule has 0 amide bonds. The van der Waals surface area contributed by atoms with Gasteiger partial charge in [-0.2, -0.15) is 0 Å². The molecule has 0 radical (unpaired) electrons. The van der Waals surface area contributed by atoms with E-state index in [1.54, 1.807) is 0 Å². The third-order valence-electron chi connectivity index (χ3n) is 3.48. The summed E-state index contributed by atoms with van der Waals surface area (Å²) < 4.78 is 6.48. The molecule has 0 bridgehead atoms. The third kappa shape index (κ3) is 5.30. The fraction of sp³-hybridized carbons (Fsp3) is 0.588. The van der Waals surface area contributed by atoms with Gasteiger partial charge in [-0.1, -0.05) is 48.8 Å². The van der Waals surface area contributed by atoms with Gasteiger partial charge in [-0.3, -0.25) is 5.41 Å². The van der Waals surface area contributed by atoms with Gasteiger partial charge in [0.15, 0.2) is 5.90 Å². The van der Waals surface area contributed by atoms with E-state index in [4.69, 9.17) is 21.7 Å². The molecule has 1 N–H and O–H groups in total. The zero-order valence-corrected chi connectivity index (χ0v) is 15.6. The second-order valence-electron chi connectivity index (χ2n) is 6.17. The highest BCUT2D eigenvalue weighted by Gasteiger charge is 2.23. The first-order valence-electron chi connectivity index (χ1n) is 7.38. The van der Waals surface area contributed by atoms with Gasteiger partial charge < -0.3 is 4.74 Å². The predicted molar refractivity (Wildman–Crippen MR) is 94.9 cm³/mol. The van der Waals surface area contributed by atoms with Gasteiger partial charge in [0.25, 0.3) is 0 Å². The molecular weight excluding hydrogens is 350 g/mol. The lowest BCUT2D eigenvalue weighted by molar-refractivity contribution is 0.305. The Kier molecular flexibility index (Phi) is 7.22. The zero-order valence-electron chi connectivity index (χ0n) is 13.3. The third-order valence-corrected chi connectivity index (χ3v) is 4.47. The van der Waals surface area contributed by atoms with E-state index in [1.807, 2.05) is 6.92 Å². The molecule has 21 heavy (non-hydrogen) atoms. The summed E-state index contributed by atoms with van der Waals surface area (Å²) in [6.07, 6.45) is 1.70. The first-order chi connectivity index (χ1) is 9.81. The number of alkyl halides is 1. The number of nitrogens with one attached hydrogen (secondary N) is 1. The topological polar surface area (TPSA) is 33.1 Å². The number of benzene rings is 1. The minimum atomic E-state index is -0.0413. The van der Waals surface area contributed by atoms with E-state index in [1.165, 1.54) is 5.56 Å². The maximum Gasteiger partial charge on any atom is 0.188 e. The summed E-state index contributed by atoms with van der Waals surface area (Å²) in [7, 11) is 0. The van der Waals surface area contributed by atoms with Crippen molar-refractivity contribution in [2.24, 2.45) is 0 Å². The number of hydrogen-bond donors (Lipinski definition) is 1. The van der Waals surface area contributed by atoms with Crippen LogP contribution in [0.4, 0.5) is 0 Å². The van der Waals surface area contributed by atoms with Gasteiger partial charge in [0.05, 0.1) is 12.5 Å². The van der Waals surface area contributed by atoms with Crippen molar-refractivity contribution < 1.29 is 4.74 Å². The Labute approximate surface area is 141 Å². The predicted octanol–water partition coefficient (Wildman–Crippen LogP) is 5.86. The quantitative estimate of drug-likeness (QED) is 0.377. The Morgan fingerprint density at radius 3 is 2.57 bits per heavy atom. The van der Waals surface area contributed by atoms with Crippen LogP contribution in [0.15, 0.2) is 22.7 Å². The molecule has 1 aromatic rings. The lowest BCUT2D eigenvalue weighted by Gasteiger charge is -2.24. The summed E-state index contributed by atoms with van der Waals surface area (Å²) in [5.41, 5.74) is 2.46. The Bertz CT molecular complexity index is 482. The van der Waals surface area contributed by atoms with Gasteiger partial charge in [-0.15, -0.1) is 11.6 Å². The minimum absolute atomic E-state index is 0.0413. The standard InChI is InChI=1S/C17H25BrClNO/c1-5-21-16(20)13(7-6-10-19)14-11-12(17(2,3)4)8-9-15(14)18/h8-9,11,13,20H,5-7,10H2,1-4H3. The van der Waals surface area contributed by atoms with E-state index >= 15 is 0 Å². The largest absolute Gasteiger partial charge is 0.481 e. The van der Waals surface area contributed by atoms with Crippen LogP contribution in [0.1, 0.15) is 57.6 Å². The van der Waals surface area contributed by atoms with Crippen molar-refractivity contribution in [3.8, 4) is 0 Å². The molecule has 1 rings (SSSR count). The molecule has 1 atom stereocenters. The van der Waals surface area contributed by atoms with Gasteiger partial charge in [-0.25, -0.2) is 0 Å². The summed E-state index contributed by atoms with van der Waals surface area (Å²) in [5, 5.41) is 8.20. The SMILES string of the molecule is CCOC(=N)C(CCCCl)c1cc(C(C)(C)C)ccc1Br. The molecule has 0 fully saturated rings. The highest BCUT2D eigenvalue weighted by Crippen LogP contribution is 2.34. The second-order valence-corrected chi connectivity index (χ2v) is 7.40. The molecule has 4 heteroatoms. The lowest BCUT2D eigenvalue weighted by atomic mass is 9.83. The normalized spacial score (nSPS) is 13.0. The van der Waals surface area contributed by atoms with Crippen LogP contribution in [-0.2, 0) is 10.2 Å². The number of rotatable bonds is 6. The molecule has 0 aliphatic heterocycles. The zero-order chi connectivity index (χ0) is 16.0. The average molecular weight is 375 g/mol. The van der Waals surface area contributed by atoms with Crippen molar-refractivity contribution in [1.82, 2.24) is 0 Å². The molecule has 0 aliphatic carbocycles. The van der Waals surface area contributed by atoms with Crippen molar-refractivity contribution in [2.75, 3.05) is 12.5 Å². The molecule has 0 spiro atoms. The molecule has 1 aromatic carbocycles. The maximum atomic E-state index is 8.20. The highest BCUT2D eigenvalue weighted by molar-refractivity contribution is 9.10. The molecule has 2 nitrogen and oxygen atoms in total. The number of halogens is 2. The summed E-state index contributed by atoms with van der Waals surface area (Å²) in [4.78, 5) is 0. The van der Waals surface area contributed by atoms with Crippen LogP contribution < -0.4 is 0 Å². The van der Waals surface area contributed by atoms with Crippen molar-refractivity contribution in [3.63, 3.8) is 0 Å². The molecule has 0 aromatic heterocycles. The summed E-state index contributed by atoms with van der Waals surface area (Å²) >= 11 is 9.46. The highest BCUT2D eigenvalue weighted by atomic mass is 79.9. The van der Waals surface area contributed by atoms with Crippen LogP contribution >= 0.6 is 27.5 Å². The Balaban J connectivity index is 3.19. The monoisotopic (exact) mass is 373 g/mol. The molecular formula is C17H25BrClNO. The van der Waals surface area contributed by atoms with Gasteiger partial charge in [0.2, 0.25) is 0 Å². The van der Waals surface area contributed by atoms with E-state index in [0.717, 1.165) is 22.9 Å².